The van der Waals surface area contributed by atoms with Crippen LogP contribution >= 0.6 is 0 Å². The predicted octanol–water partition coefficient (Wildman–Crippen LogP) is 2.47. The summed E-state index contributed by atoms with van der Waals surface area (Å²) in [5.41, 5.74) is 1.90. The van der Waals surface area contributed by atoms with Gasteiger partial charge in [0.1, 0.15) is 0 Å². The van der Waals surface area contributed by atoms with Crippen LogP contribution in [0.2, 0.25) is 0 Å². The Bertz CT molecular complexity index is 997. The molecule has 0 aromatic heterocycles. The Balaban J connectivity index is 1.70. The van der Waals surface area contributed by atoms with E-state index in [-0.39, 0.29) is 22.4 Å². The van der Waals surface area contributed by atoms with Crippen LogP contribution in [0.25, 0.3) is 0 Å². The predicted molar refractivity (Wildman–Crippen MR) is 97.8 cm³/mol. The van der Waals surface area contributed by atoms with Gasteiger partial charge in [0.05, 0.1) is 22.4 Å². The van der Waals surface area contributed by atoms with Crippen LogP contribution in [0.5, 0.6) is 0 Å². The van der Waals surface area contributed by atoms with E-state index < -0.39 is 26.2 Å². The number of aryl methyl sites for hydroxylation is 2. The first-order chi connectivity index (χ1) is 12.1. The topological polar surface area (TPSA) is 80.5 Å². The summed E-state index contributed by atoms with van der Waals surface area (Å²) in [6, 6.07) is 12.1. The van der Waals surface area contributed by atoms with Crippen molar-refractivity contribution in [3.8, 4) is 0 Å². The van der Waals surface area contributed by atoms with Gasteiger partial charge in [0, 0.05) is 6.04 Å². The molecule has 1 unspecified atom stereocenters. The van der Waals surface area contributed by atoms with E-state index in [4.69, 9.17) is 4.18 Å². The van der Waals surface area contributed by atoms with Crippen molar-refractivity contribution in [3.05, 3.63) is 59.7 Å². The van der Waals surface area contributed by atoms with Crippen LogP contribution in [0.1, 0.15) is 18.1 Å². The van der Waals surface area contributed by atoms with Gasteiger partial charge < -0.3 is 0 Å². The zero-order valence-corrected chi connectivity index (χ0v) is 16.4. The Morgan fingerprint density at radius 3 is 1.81 bits per heavy atom. The summed E-state index contributed by atoms with van der Waals surface area (Å²) in [7, 11) is -7.58. The highest BCUT2D eigenvalue weighted by Crippen LogP contribution is 2.36. The van der Waals surface area contributed by atoms with Gasteiger partial charge in [0.25, 0.3) is 10.1 Å². The van der Waals surface area contributed by atoms with Gasteiger partial charge in [0.2, 0.25) is 10.0 Å². The van der Waals surface area contributed by atoms with Crippen molar-refractivity contribution < 1.29 is 21.0 Å². The van der Waals surface area contributed by atoms with Crippen molar-refractivity contribution in [1.82, 2.24) is 4.31 Å². The van der Waals surface area contributed by atoms with E-state index in [0.29, 0.717) is 0 Å². The molecule has 0 radical (unpaired) electrons. The quantitative estimate of drug-likeness (QED) is 0.554. The van der Waals surface area contributed by atoms with E-state index in [1.54, 1.807) is 43.3 Å². The van der Waals surface area contributed by atoms with Gasteiger partial charge in [-0.3, -0.25) is 4.18 Å². The monoisotopic (exact) mass is 395 g/mol. The van der Waals surface area contributed by atoms with Crippen LogP contribution in [0.4, 0.5) is 0 Å². The lowest BCUT2D eigenvalue weighted by Gasteiger charge is -2.08. The SMILES string of the molecule is Cc1ccc(S(=O)(=O)OC[C@H]2[C@@H](C)N2S(=O)(=O)c2ccc(C)cc2)cc1. The smallest absolute Gasteiger partial charge is 0.265 e. The molecule has 8 heteroatoms. The largest absolute Gasteiger partial charge is 0.297 e. The molecule has 3 atom stereocenters. The standard InChI is InChI=1S/C18H21NO5S2/c1-13-4-8-16(9-5-13)25(20,21)19-15(3)18(19)12-24-26(22,23)17-10-6-14(2)7-11-17/h4-11,15,18H,12H2,1-3H3/t15-,18+,19?/m1/s1. The third kappa shape index (κ3) is 3.68. The average Bonchev–Trinajstić information content (AvgIpc) is 3.25. The van der Waals surface area contributed by atoms with Crippen LogP contribution in [0.15, 0.2) is 58.3 Å². The van der Waals surface area contributed by atoms with Crippen LogP contribution < -0.4 is 0 Å². The normalized spacial score (nSPS) is 23.0. The Morgan fingerprint density at radius 1 is 0.846 bits per heavy atom. The van der Waals surface area contributed by atoms with Gasteiger partial charge in [-0.2, -0.15) is 12.7 Å². The lowest BCUT2D eigenvalue weighted by atomic mass is 10.2. The molecule has 0 spiro atoms. The third-order valence-electron chi connectivity index (χ3n) is 4.50. The van der Waals surface area contributed by atoms with Crippen LogP contribution in [0.3, 0.4) is 0 Å². The summed E-state index contributed by atoms with van der Waals surface area (Å²) in [5, 5.41) is 0. The molecule has 1 aliphatic heterocycles. The number of hydrogen-bond acceptors (Lipinski definition) is 5. The van der Waals surface area contributed by atoms with E-state index in [2.05, 4.69) is 0 Å². The van der Waals surface area contributed by atoms with E-state index in [0.717, 1.165) is 11.1 Å². The van der Waals surface area contributed by atoms with Crippen molar-refractivity contribution in [2.24, 2.45) is 0 Å². The number of benzene rings is 2. The fourth-order valence-electron chi connectivity index (χ4n) is 2.76. The van der Waals surface area contributed by atoms with Gasteiger partial charge in [-0.1, -0.05) is 35.4 Å². The lowest BCUT2D eigenvalue weighted by Crippen LogP contribution is -2.19. The first kappa shape index (κ1) is 19.0. The molecule has 6 nitrogen and oxygen atoms in total. The van der Waals surface area contributed by atoms with Gasteiger partial charge in [-0.15, -0.1) is 0 Å². The Hall–Kier alpha value is -1.74. The van der Waals surface area contributed by atoms with Crippen molar-refractivity contribution >= 4 is 20.1 Å². The summed E-state index contributed by atoms with van der Waals surface area (Å²) in [4.78, 5) is 0.253. The summed E-state index contributed by atoms with van der Waals surface area (Å²) in [6.07, 6.45) is 0. The van der Waals surface area contributed by atoms with Crippen molar-refractivity contribution in [2.45, 2.75) is 42.6 Å². The minimum absolute atomic E-state index is 0.0596. The van der Waals surface area contributed by atoms with Gasteiger partial charge >= 0.3 is 0 Å². The molecule has 2 aromatic rings. The van der Waals surface area contributed by atoms with Crippen molar-refractivity contribution in [3.63, 3.8) is 0 Å². The lowest BCUT2D eigenvalue weighted by molar-refractivity contribution is 0.310. The zero-order chi connectivity index (χ0) is 19.1. The molecule has 140 valence electrons. The highest BCUT2D eigenvalue weighted by molar-refractivity contribution is 7.89. The molecule has 0 amide bonds. The van der Waals surface area contributed by atoms with Crippen LogP contribution in [0, 0.1) is 13.8 Å². The van der Waals surface area contributed by atoms with Crippen LogP contribution in [-0.2, 0) is 24.3 Å². The maximum Gasteiger partial charge on any atom is 0.297 e. The molecule has 3 rings (SSSR count). The van der Waals surface area contributed by atoms with Crippen molar-refractivity contribution in [2.75, 3.05) is 6.61 Å². The fraction of sp³-hybridized carbons (Fsp3) is 0.333. The molecular weight excluding hydrogens is 374 g/mol. The molecule has 1 saturated heterocycles. The molecule has 0 bridgehead atoms. The molecule has 2 aromatic carbocycles. The Kier molecular flexibility index (Phi) is 4.96. The number of nitrogens with zero attached hydrogens (tertiary/aromatic N) is 1. The first-order valence-electron chi connectivity index (χ1n) is 8.19. The van der Waals surface area contributed by atoms with Gasteiger partial charge in [-0.05, 0) is 45.0 Å². The van der Waals surface area contributed by atoms with E-state index in [9.17, 15) is 16.8 Å². The Morgan fingerprint density at radius 2 is 1.31 bits per heavy atom. The van der Waals surface area contributed by atoms with Crippen molar-refractivity contribution in [1.29, 1.82) is 0 Å². The molecule has 0 aliphatic carbocycles. The number of rotatable bonds is 6. The second-order valence-corrected chi connectivity index (χ2v) is 9.97. The summed E-state index contributed by atoms with van der Waals surface area (Å²) >= 11 is 0. The van der Waals surface area contributed by atoms with E-state index >= 15 is 0 Å². The maximum atomic E-state index is 12.7. The minimum Gasteiger partial charge on any atom is -0.265 e. The van der Waals surface area contributed by atoms with E-state index in [1.807, 2.05) is 13.8 Å². The maximum absolute atomic E-state index is 12.7. The summed E-state index contributed by atoms with van der Waals surface area (Å²) < 4.78 is 56.2. The zero-order valence-electron chi connectivity index (χ0n) is 14.8. The van der Waals surface area contributed by atoms with Crippen LogP contribution in [-0.4, -0.2) is 39.8 Å². The second-order valence-electron chi connectivity index (χ2n) is 6.51. The Labute approximate surface area is 154 Å². The van der Waals surface area contributed by atoms with Gasteiger partial charge in [-0.25, -0.2) is 8.42 Å². The highest BCUT2D eigenvalue weighted by Gasteiger charge is 2.53. The second kappa shape index (κ2) is 6.77. The molecular formula is C18H21NO5S2. The first-order valence-corrected chi connectivity index (χ1v) is 11.0. The summed E-state index contributed by atoms with van der Waals surface area (Å²) in [6.45, 7) is 5.26. The minimum atomic E-state index is -3.92. The van der Waals surface area contributed by atoms with E-state index in [1.165, 1.54) is 16.4 Å². The van der Waals surface area contributed by atoms with Gasteiger partial charge in [0.15, 0.2) is 0 Å². The average molecular weight is 396 g/mol. The molecule has 1 fully saturated rings. The molecule has 26 heavy (non-hydrogen) atoms. The molecule has 0 saturated carbocycles. The summed E-state index contributed by atoms with van der Waals surface area (Å²) in [5.74, 6) is 0. The highest BCUT2D eigenvalue weighted by atomic mass is 32.2. The third-order valence-corrected chi connectivity index (χ3v) is 7.82. The fourth-order valence-corrected chi connectivity index (χ4v) is 5.52. The molecule has 1 heterocycles. The molecule has 1 aliphatic rings. The molecule has 0 N–H and O–H groups in total. The number of hydrogen-bond donors (Lipinski definition) is 0. The number of sulfonamides is 1.